The van der Waals surface area contributed by atoms with Crippen LogP contribution in [0.4, 0.5) is 8.78 Å². The lowest BCUT2D eigenvalue weighted by atomic mass is 9.50. The van der Waals surface area contributed by atoms with Crippen molar-refractivity contribution in [2.24, 2.45) is 51.2 Å². The van der Waals surface area contributed by atoms with E-state index in [1.54, 1.807) is 19.1 Å². The minimum Gasteiger partial charge on any atom is -0.743 e. The molecule has 3 heterocycles. The summed E-state index contributed by atoms with van der Waals surface area (Å²) in [5, 5.41) is 4.79. The number of phenols is 1. The summed E-state index contributed by atoms with van der Waals surface area (Å²) in [7, 11) is -5.87. The highest BCUT2D eigenvalue weighted by molar-refractivity contribution is 7.97. The molecule has 9 aliphatic rings. The molecule has 0 aromatic heterocycles. The van der Waals surface area contributed by atoms with Gasteiger partial charge in [-0.25, -0.2) is 8.42 Å². The summed E-state index contributed by atoms with van der Waals surface area (Å²) in [6, 6.07) is 46.4. The SMILES string of the molecule is CCC(C)(C)C(=O)OC(C)C(F)(F)S(=O)(=O)[O-].CCC(C)(C)C(=O)OC1(C)CCCC1.CCC(C)(C)C(=O)OC1C2CC3C(=O)OC1C3O2.CCC(C)(C)C(=O)OC1Cc2ccc(O)cc2C1.CCC(C)c1cccc(OC2(C)C3CC4CC(C3)CC2C4)c1.c1ccc([S+](c2ccccc2)c2ccccc2)cc1. The summed E-state index contributed by atoms with van der Waals surface area (Å²) in [6.45, 7) is 31.7. The fourth-order valence-electron chi connectivity index (χ4n) is 15.1. The third-order valence-electron chi connectivity index (χ3n) is 24.3. The topological polar surface area (TPSA) is 227 Å². The lowest BCUT2D eigenvalue weighted by Crippen LogP contribution is -2.59. The molecule has 5 aromatic rings. The molecule has 8 atom stereocenters. The fraction of sp³-hybridized carbons (Fsp3) is 0.602. The molecular weight excluding hydrogens is 1420 g/mol. The number of alkyl halides is 2. The van der Waals surface area contributed by atoms with Gasteiger partial charge >= 0.3 is 35.1 Å². The van der Waals surface area contributed by atoms with Gasteiger partial charge in [0.1, 0.15) is 34.9 Å². The lowest BCUT2D eigenvalue weighted by molar-refractivity contribution is -0.170. The molecule has 8 unspecified atom stereocenters. The van der Waals surface area contributed by atoms with Gasteiger partial charge in [0.25, 0.3) is 0 Å². The number of hydrogen-bond acceptors (Lipinski definition) is 16. The summed E-state index contributed by atoms with van der Waals surface area (Å²) < 4.78 is 95.6. The van der Waals surface area contributed by atoms with E-state index < -0.39 is 55.9 Å². The first-order valence-electron chi connectivity index (χ1n) is 39.2. The monoisotopic (exact) mass is 1530 g/mol. The predicted molar refractivity (Wildman–Crippen MR) is 414 cm³/mol. The molecule has 14 rings (SSSR count). The molecule has 3 saturated heterocycles. The first kappa shape index (κ1) is 86.7. The van der Waals surface area contributed by atoms with Crippen molar-refractivity contribution in [1.29, 1.82) is 0 Å². The van der Waals surface area contributed by atoms with Gasteiger partial charge in [-0.3, -0.25) is 24.0 Å². The van der Waals surface area contributed by atoms with Crippen molar-refractivity contribution in [3.63, 3.8) is 0 Å². The van der Waals surface area contributed by atoms with Gasteiger partial charge in [0, 0.05) is 12.8 Å². The number of halogens is 2. The van der Waals surface area contributed by atoms with E-state index in [-0.39, 0.29) is 81.4 Å². The van der Waals surface area contributed by atoms with Gasteiger partial charge < -0.3 is 42.8 Å². The molecule has 0 spiro atoms. The van der Waals surface area contributed by atoms with Crippen LogP contribution in [0.15, 0.2) is 148 Å². The maximum atomic E-state index is 13.0. The number of aromatic hydroxyl groups is 1. The van der Waals surface area contributed by atoms with Gasteiger partial charge in [-0.05, 0) is 279 Å². The van der Waals surface area contributed by atoms with E-state index in [0.717, 1.165) is 67.1 Å². The van der Waals surface area contributed by atoms with Crippen LogP contribution in [0.3, 0.4) is 0 Å². The van der Waals surface area contributed by atoms with Gasteiger partial charge in [-0.2, -0.15) is 8.78 Å². The van der Waals surface area contributed by atoms with Crippen molar-refractivity contribution >= 4 is 50.9 Å². The average molecular weight is 1540 g/mol. The first-order valence-corrected chi connectivity index (χ1v) is 41.8. The quantitative estimate of drug-likeness (QED) is 0.0312. The molecule has 16 nitrogen and oxygen atoms in total. The number of ether oxygens (including phenoxy) is 7. The molecule has 3 aliphatic heterocycles. The van der Waals surface area contributed by atoms with Crippen molar-refractivity contribution in [3.8, 4) is 11.5 Å². The number of hydrogen-bond donors (Lipinski definition) is 1. The molecule has 594 valence electrons. The van der Waals surface area contributed by atoms with Crippen molar-refractivity contribution in [3.05, 3.63) is 150 Å². The zero-order valence-corrected chi connectivity index (χ0v) is 68.4. The van der Waals surface area contributed by atoms with Gasteiger partial charge in [0.15, 0.2) is 43.1 Å². The smallest absolute Gasteiger partial charge is 0.369 e. The second-order valence-electron chi connectivity index (χ2n) is 33.9. The Morgan fingerprint density at radius 2 is 1.07 bits per heavy atom. The van der Waals surface area contributed by atoms with Crippen LogP contribution in [-0.4, -0.2) is 101 Å². The van der Waals surface area contributed by atoms with Crippen molar-refractivity contribution in [2.75, 3.05) is 0 Å². The summed E-state index contributed by atoms with van der Waals surface area (Å²) in [6.07, 6.45) is 13.9. The van der Waals surface area contributed by atoms with E-state index in [9.17, 15) is 50.8 Å². The van der Waals surface area contributed by atoms with Crippen molar-refractivity contribution in [1.82, 2.24) is 0 Å². The Morgan fingerprint density at radius 3 is 1.56 bits per heavy atom. The second-order valence-corrected chi connectivity index (χ2v) is 37.4. The highest BCUT2D eigenvalue weighted by atomic mass is 32.2. The van der Waals surface area contributed by atoms with Crippen LogP contribution in [0.2, 0.25) is 0 Å². The highest BCUT2D eigenvalue weighted by Crippen LogP contribution is 2.59. The van der Waals surface area contributed by atoms with E-state index in [0.29, 0.717) is 38.5 Å². The van der Waals surface area contributed by atoms with Crippen molar-refractivity contribution in [2.45, 2.75) is 301 Å². The maximum absolute atomic E-state index is 13.0. The van der Waals surface area contributed by atoms with E-state index >= 15 is 0 Å². The summed E-state index contributed by atoms with van der Waals surface area (Å²) in [5.74, 6) is 3.84. The Bertz CT molecular complexity index is 3810. The van der Waals surface area contributed by atoms with E-state index in [4.69, 9.17) is 28.4 Å². The largest absolute Gasteiger partial charge is 0.743 e. The molecule has 6 aliphatic carbocycles. The standard InChI is InChI=1S/C21H30O.C18H15S.C15H20O3.C13H18O5.C12H22O2.C9H16F2O5S/c1-4-14(2)17-6-5-7-20(13-17)22-21(3)18-9-15-8-16(11-18)12-19(21)10-15;1-4-10-16(11-5-1)19(17-12-6-2-7-13-17)18-14-8-3-9-15-18;1-4-15(2,3)14(17)18-13-8-10-5-6-12(16)7-11(10)9-13;1-4-13(2,3)12(15)18-9-7-5-6-8(16-7)10(9)17-11(6)14;1-5-11(2,3)10(13)14-12(4)8-6-7-9-12;1-5-8(3,4)7(12)16-6(2)9(10,11)17(13,14)15/h5-7,13-16,18-19H,4,8-12H2,1-3H3;1-15H;5-7,13,16H,4,8-9H2,1-3H3;6-10H,4-5H2,1-3H3;5-9H2,1-4H3;6H,5H2,1-4H3,(H,13,14,15)/q;+1;;;;/p-1. The third-order valence-corrected chi connectivity index (χ3v) is 27.5. The number of fused-ring (bicyclic) bond motifs is 2. The van der Waals surface area contributed by atoms with E-state index in [2.05, 4.69) is 148 Å². The molecule has 6 bridgehead atoms. The molecule has 0 amide bonds. The minimum atomic E-state index is -5.86. The Balaban J connectivity index is 0.000000164. The van der Waals surface area contributed by atoms with E-state index in [1.807, 2.05) is 68.4 Å². The van der Waals surface area contributed by atoms with Crippen molar-refractivity contribution < 1.29 is 84.0 Å². The van der Waals surface area contributed by atoms with Gasteiger partial charge in [0.05, 0.1) is 44.6 Å². The summed E-state index contributed by atoms with van der Waals surface area (Å²) in [4.78, 5) is 62.9. The van der Waals surface area contributed by atoms with Gasteiger partial charge in [-0.15, -0.1) is 0 Å². The minimum absolute atomic E-state index is 0.0146. The van der Waals surface area contributed by atoms with Crippen LogP contribution in [0.1, 0.15) is 237 Å². The Hall–Kier alpha value is -6.87. The fourth-order valence-corrected chi connectivity index (χ4v) is 17.7. The molecule has 8 fully saturated rings. The molecule has 1 N–H and O–H groups in total. The molecule has 108 heavy (non-hydrogen) atoms. The van der Waals surface area contributed by atoms with Crippen LogP contribution in [-0.2, 0) is 86.2 Å². The molecule has 5 aromatic carbocycles. The zero-order chi connectivity index (χ0) is 79.5. The molecular formula is C88H120F2O16S2. The lowest BCUT2D eigenvalue weighted by Gasteiger charge is -2.59. The number of benzene rings is 5. The van der Waals surface area contributed by atoms with Crippen LogP contribution < -0.4 is 4.74 Å². The maximum Gasteiger partial charge on any atom is 0.369 e. The van der Waals surface area contributed by atoms with Crippen LogP contribution in [0, 0.1) is 51.2 Å². The normalized spacial score (nSPS) is 25.2. The number of rotatable bonds is 21. The average Bonchev–Trinajstić information content (AvgIpc) is 1.29. The summed E-state index contributed by atoms with van der Waals surface area (Å²) in [5.41, 5.74) is 1.31. The first-order chi connectivity index (χ1) is 50.6. The Morgan fingerprint density at radius 1 is 0.602 bits per heavy atom. The van der Waals surface area contributed by atoms with Crippen LogP contribution in [0.25, 0.3) is 0 Å². The third kappa shape index (κ3) is 21.2. The second kappa shape index (κ2) is 36.1. The van der Waals surface area contributed by atoms with Gasteiger partial charge in [-0.1, -0.05) is 114 Å². The molecule has 20 heteroatoms. The van der Waals surface area contributed by atoms with Crippen LogP contribution >= 0.6 is 0 Å². The van der Waals surface area contributed by atoms with E-state index in [1.165, 1.54) is 91.0 Å². The Labute approximate surface area is 644 Å². The highest BCUT2D eigenvalue weighted by Gasteiger charge is 2.65. The molecule has 5 saturated carbocycles. The number of carbonyl (C=O) groups is 5. The number of phenolic OH excluding ortho intramolecular Hbond substituents is 1. The van der Waals surface area contributed by atoms with Gasteiger partial charge in [0.2, 0.25) is 0 Å². The summed E-state index contributed by atoms with van der Waals surface area (Å²) >= 11 is 0. The molecule has 0 radical (unpaired) electrons. The van der Waals surface area contributed by atoms with Crippen LogP contribution in [0.5, 0.6) is 11.5 Å². The number of esters is 5. The Kier molecular flexibility index (Phi) is 29.0. The zero-order valence-electron chi connectivity index (χ0n) is 66.8. The number of carbonyl (C=O) groups excluding carboxylic acids is 5. The predicted octanol–water partition coefficient (Wildman–Crippen LogP) is 19.3.